The molecule has 0 radical (unpaired) electrons. The SMILES string of the molecule is CCN(CC)C(CNC(=NC)NCc1cc(C(C)C)no1)Cc1ccccc1. The molecule has 0 fully saturated rings. The van der Waals surface area contributed by atoms with E-state index in [-0.39, 0.29) is 0 Å². The van der Waals surface area contributed by atoms with Gasteiger partial charge < -0.3 is 15.2 Å². The Bertz CT molecular complexity index is 707. The van der Waals surface area contributed by atoms with Crippen LogP contribution < -0.4 is 10.6 Å². The van der Waals surface area contributed by atoms with E-state index in [0.29, 0.717) is 18.5 Å². The first-order valence-electron chi connectivity index (χ1n) is 10.2. The fourth-order valence-electron chi connectivity index (χ4n) is 3.25. The van der Waals surface area contributed by atoms with Crippen LogP contribution >= 0.6 is 0 Å². The number of guanidine groups is 1. The molecule has 0 saturated heterocycles. The van der Waals surface area contributed by atoms with E-state index in [2.05, 4.69) is 83.7 Å². The molecule has 1 heterocycles. The highest BCUT2D eigenvalue weighted by Gasteiger charge is 2.17. The van der Waals surface area contributed by atoms with Crippen LogP contribution in [-0.4, -0.2) is 48.7 Å². The molecule has 28 heavy (non-hydrogen) atoms. The lowest BCUT2D eigenvalue weighted by Crippen LogP contribution is -2.48. The molecule has 0 amide bonds. The van der Waals surface area contributed by atoms with Crippen molar-refractivity contribution in [3.8, 4) is 0 Å². The zero-order chi connectivity index (χ0) is 20.4. The predicted molar refractivity (Wildman–Crippen MR) is 116 cm³/mol. The van der Waals surface area contributed by atoms with Crippen molar-refractivity contribution in [1.29, 1.82) is 0 Å². The number of nitrogens with zero attached hydrogens (tertiary/aromatic N) is 3. The van der Waals surface area contributed by atoms with Crippen molar-refractivity contribution in [3.63, 3.8) is 0 Å². The van der Waals surface area contributed by atoms with Gasteiger partial charge in [0.25, 0.3) is 0 Å². The Hall–Kier alpha value is -2.34. The minimum Gasteiger partial charge on any atom is -0.359 e. The lowest BCUT2D eigenvalue weighted by Gasteiger charge is -2.30. The van der Waals surface area contributed by atoms with Gasteiger partial charge in [-0.2, -0.15) is 0 Å². The fourth-order valence-corrected chi connectivity index (χ4v) is 3.25. The van der Waals surface area contributed by atoms with Gasteiger partial charge in [0, 0.05) is 25.7 Å². The summed E-state index contributed by atoms with van der Waals surface area (Å²) >= 11 is 0. The molecule has 2 rings (SSSR count). The number of benzene rings is 1. The molecule has 1 aromatic carbocycles. The van der Waals surface area contributed by atoms with Crippen molar-refractivity contribution in [3.05, 3.63) is 53.4 Å². The Morgan fingerprint density at radius 3 is 2.43 bits per heavy atom. The molecule has 6 nitrogen and oxygen atoms in total. The second-order valence-electron chi connectivity index (χ2n) is 7.24. The number of likely N-dealkylation sites (N-methyl/N-ethyl adjacent to an activating group) is 1. The first-order chi connectivity index (χ1) is 13.6. The van der Waals surface area contributed by atoms with Crippen LogP contribution in [0.2, 0.25) is 0 Å². The van der Waals surface area contributed by atoms with Crippen molar-refractivity contribution >= 4 is 5.96 Å². The molecule has 0 aliphatic rings. The molecule has 1 unspecified atom stereocenters. The van der Waals surface area contributed by atoms with Crippen molar-refractivity contribution in [2.75, 3.05) is 26.7 Å². The Morgan fingerprint density at radius 1 is 1.14 bits per heavy atom. The Balaban J connectivity index is 1.92. The summed E-state index contributed by atoms with van der Waals surface area (Å²) in [7, 11) is 1.79. The summed E-state index contributed by atoms with van der Waals surface area (Å²) in [5.41, 5.74) is 2.33. The average Bonchev–Trinajstić information content (AvgIpc) is 3.19. The first-order valence-corrected chi connectivity index (χ1v) is 10.2. The van der Waals surface area contributed by atoms with E-state index in [9.17, 15) is 0 Å². The largest absolute Gasteiger partial charge is 0.359 e. The van der Waals surface area contributed by atoms with Gasteiger partial charge in [0.15, 0.2) is 11.7 Å². The third kappa shape index (κ3) is 6.68. The normalized spacial score (nSPS) is 13.2. The van der Waals surface area contributed by atoms with E-state index in [0.717, 1.165) is 43.5 Å². The Morgan fingerprint density at radius 2 is 1.86 bits per heavy atom. The molecule has 0 saturated carbocycles. The summed E-state index contributed by atoms with van der Waals surface area (Å²) in [6, 6.07) is 13.1. The monoisotopic (exact) mass is 385 g/mol. The minimum atomic E-state index is 0.364. The topological polar surface area (TPSA) is 65.7 Å². The van der Waals surface area contributed by atoms with Crippen molar-refractivity contribution in [1.82, 2.24) is 20.7 Å². The predicted octanol–water partition coefficient (Wildman–Crippen LogP) is 3.42. The van der Waals surface area contributed by atoms with Gasteiger partial charge in [-0.05, 0) is 31.0 Å². The second-order valence-corrected chi connectivity index (χ2v) is 7.24. The van der Waals surface area contributed by atoms with Crippen LogP contribution in [-0.2, 0) is 13.0 Å². The van der Waals surface area contributed by atoms with Crippen LogP contribution in [0.1, 0.15) is 50.6 Å². The molecular weight excluding hydrogens is 350 g/mol. The molecule has 0 aliphatic carbocycles. The first kappa shape index (κ1) is 22.0. The maximum absolute atomic E-state index is 5.39. The van der Waals surface area contributed by atoms with Gasteiger partial charge in [-0.3, -0.25) is 9.89 Å². The maximum atomic E-state index is 5.39. The van der Waals surface area contributed by atoms with E-state index in [4.69, 9.17) is 4.52 Å². The lowest BCUT2D eigenvalue weighted by atomic mass is 10.0. The van der Waals surface area contributed by atoms with Gasteiger partial charge in [0.2, 0.25) is 0 Å². The Kier molecular flexibility index (Phi) is 9.01. The van der Waals surface area contributed by atoms with Gasteiger partial charge in [0.1, 0.15) is 0 Å². The second kappa shape index (κ2) is 11.5. The van der Waals surface area contributed by atoms with Gasteiger partial charge in [0.05, 0.1) is 12.2 Å². The van der Waals surface area contributed by atoms with E-state index in [1.165, 1.54) is 5.56 Å². The number of nitrogens with one attached hydrogen (secondary N) is 2. The Labute approximate surface area is 169 Å². The van der Waals surface area contributed by atoms with E-state index in [1.807, 2.05) is 6.07 Å². The zero-order valence-corrected chi connectivity index (χ0v) is 17.9. The number of aliphatic imine (C=N–C) groups is 1. The molecule has 0 aliphatic heterocycles. The minimum absolute atomic E-state index is 0.364. The van der Waals surface area contributed by atoms with E-state index < -0.39 is 0 Å². The number of hydrogen-bond donors (Lipinski definition) is 2. The third-order valence-electron chi connectivity index (χ3n) is 4.97. The van der Waals surface area contributed by atoms with Gasteiger partial charge >= 0.3 is 0 Å². The number of aromatic nitrogens is 1. The smallest absolute Gasteiger partial charge is 0.191 e. The molecule has 0 bridgehead atoms. The molecule has 2 N–H and O–H groups in total. The van der Waals surface area contributed by atoms with Crippen LogP contribution in [0.4, 0.5) is 0 Å². The van der Waals surface area contributed by atoms with E-state index >= 15 is 0 Å². The van der Waals surface area contributed by atoms with Crippen LogP contribution in [0.15, 0.2) is 45.9 Å². The van der Waals surface area contributed by atoms with Crippen molar-refractivity contribution in [2.45, 2.75) is 52.6 Å². The molecule has 6 heteroatoms. The fraction of sp³-hybridized carbons (Fsp3) is 0.545. The summed E-state index contributed by atoms with van der Waals surface area (Å²) in [4.78, 5) is 6.83. The van der Waals surface area contributed by atoms with E-state index in [1.54, 1.807) is 7.05 Å². The third-order valence-corrected chi connectivity index (χ3v) is 4.97. The number of rotatable bonds is 10. The van der Waals surface area contributed by atoms with Crippen LogP contribution in [0, 0.1) is 0 Å². The molecule has 1 atom stereocenters. The van der Waals surface area contributed by atoms with Crippen LogP contribution in [0.3, 0.4) is 0 Å². The quantitative estimate of drug-likeness (QED) is 0.485. The summed E-state index contributed by atoms with van der Waals surface area (Å²) in [6.07, 6.45) is 1.01. The molecule has 1 aromatic heterocycles. The summed E-state index contributed by atoms with van der Waals surface area (Å²) in [5, 5.41) is 10.9. The molecular formula is C22H35N5O. The highest BCUT2D eigenvalue weighted by Crippen LogP contribution is 2.13. The van der Waals surface area contributed by atoms with Crippen molar-refractivity contribution in [2.24, 2.45) is 4.99 Å². The van der Waals surface area contributed by atoms with Crippen molar-refractivity contribution < 1.29 is 4.52 Å². The summed E-state index contributed by atoms with van der Waals surface area (Å²) in [5.74, 6) is 1.95. The highest BCUT2D eigenvalue weighted by molar-refractivity contribution is 5.79. The van der Waals surface area contributed by atoms with Crippen LogP contribution in [0.25, 0.3) is 0 Å². The molecule has 0 spiro atoms. The van der Waals surface area contributed by atoms with Gasteiger partial charge in [-0.25, -0.2) is 0 Å². The number of hydrogen-bond acceptors (Lipinski definition) is 4. The van der Waals surface area contributed by atoms with Gasteiger partial charge in [-0.15, -0.1) is 0 Å². The highest BCUT2D eigenvalue weighted by atomic mass is 16.5. The zero-order valence-electron chi connectivity index (χ0n) is 17.9. The van der Waals surface area contributed by atoms with Crippen LogP contribution in [0.5, 0.6) is 0 Å². The standard InChI is InChI=1S/C22H35N5O/c1-6-27(7-2)19(13-18-11-9-8-10-12-18)15-24-22(23-5)25-16-20-14-21(17(3)4)26-28-20/h8-12,14,17,19H,6-7,13,15-16H2,1-5H3,(H2,23,24,25). The summed E-state index contributed by atoms with van der Waals surface area (Å²) in [6.45, 7) is 12.1. The van der Waals surface area contributed by atoms with Gasteiger partial charge in [-0.1, -0.05) is 63.2 Å². The lowest BCUT2D eigenvalue weighted by molar-refractivity contribution is 0.215. The molecule has 2 aromatic rings. The molecule has 154 valence electrons. The summed E-state index contributed by atoms with van der Waals surface area (Å²) < 4.78 is 5.39. The maximum Gasteiger partial charge on any atom is 0.191 e. The average molecular weight is 386 g/mol.